The zero-order chi connectivity index (χ0) is 26.1. The van der Waals surface area contributed by atoms with Crippen LogP contribution in [0.3, 0.4) is 0 Å². The summed E-state index contributed by atoms with van der Waals surface area (Å²) in [5.41, 5.74) is 2.43. The molecule has 7 nitrogen and oxygen atoms in total. The number of carboxylic acids is 1. The number of hydrogen-bond donors (Lipinski definition) is 2. The van der Waals surface area contributed by atoms with Gasteiger partial charge in [-0.2, -0.15) is 0 Å². The first-order valence-electron chi connectivity index (χ1n) is 12.3. The van der Waals surface area contributed by atoms with Gasteiger partial charge in [-0.1, -0.05) is 31.2 Å². The molecule has 5 rings (SSSR count). The number of amides is 1. The van der Waals surface area contributed by atoms with Crippen molar-refractivity contribution in [1.29, 1.82) is 0 Å². The first kappa shape index (κ1) is 24.4. The van der Waals surface area contributed by atoms with E-state index < -0.39 is 23.6 Å². The minimum Gasteiger partial charge on any atom is -0.481 e. The monoisotopic (exact) mass is 499 g/mol. The summed E-state index contributed by atoms with van der Waals surface area (Å²) in [6.45, 7) is 1.77. The van der Waals surface area contributed by atoms with E-state index in [-0.39, 0.29) is 23.5 Å². The topological polar surface area (TPSA) is 101 Å². The second-order valence-corrected chi connectivity index (χ2v) is 9.37. The van der Waals surface area contributed by atoms with E-state index in [0.717, 1.165) is 18.4 Å². The van der Waals surface area contributed by atoms with Crippen LogP contribution < -0.4 is 10.7 Å². The van der Waals surface area contributed by atoms with Gasteiger partial charge in [0.25, 0.3) is 5.91 Å². The van der Waals surface area contributed by atoms with Crippen molar-refractivity contribution in [3.63, 3.8) is 0 Å². The predicted molar refractivity (Wildman–Crippen MR) is 138 cm³/mol. The maximum absolute atomic E-state index is 14.9. The van der Waals surface area contributed by atoms with Gasteiger partial charge in [0.15, 0.2) is 0 Å². The molecule has 4 aromatic rings. The minimum atomic E-state index is -0.939. The highest BCUT2D eigenvalue weighted by atomic mass is 19.1. The molecule has 1 saturated carbocycles. The normalized spacial score (nSPS) is 13.9. The number of hydrogen-bond acceptors (Lipinski definition) is 4. The highest BCUT2D eigenvalue weighted by molar-refractivity contribution is 5.97. The smallest absolute Gasteiger partial charge is 0.306 e. The molecule has 1 aliphatic carbocycles. The molecular formula is C29H26FN3O4. The van der Waals surface area contributed by atoms with Gasteiger partial charge in [-0.25, -0.2) is 9.37 Å². The molecule has 37 heavy (non-hydrogen) atoms. The van der Waals surface area contributed by atoms with E-state index >= 15 is 0 Å². The fourth-order valence-corrected chi connectivity index (χ4v) is 4.41. The molecule has 1 amide bonds. The first-order valence-corrected chi connectivity index (χ1v) is 12.3. The number of nitrogens with one attached hydrogen (secondary N) is 1. The number of fused-ring (bicyclic) bond motifs is 1. The molecule has 2 N–H and O–H groups in total. The average molecular weight is 500 g/mol. The van der Waals surface area contributed by atoms with Gasteiger partial charge in [0.1, 0.15) is 17.0 Å². The second kappa shape index (κ2) is 9.97. The quantitative estimate of drug-likeness (QED) is 0.365. The predicted octanol–water partition coefficient (Wildman–Crippen LogP) is 4.74. The fraction of sp³-hybridized carbons (Fsp3) is 0.241. The van der Waals surface area contributed by atoms with E-state index in [1.165, 1.54) is 12.3 Å². The Morgan fingerprint density at radius 2 is 1.92 bits per heavy atom. The number of carbonyl (C=O) groups is 2. The summed E-state index contributed by atoms with van der Waals surface area (Å²) in [4.78, 5) is 41.6. The number of rotatable bonds is 8. The van der Waals surface area contributed by atoms with Crippen LogP contribution in [0.25, 0.3) is 27.8 Å². The van der Waals surface area contributed by atoms with Crippen LogP contribution >= 0.6 is 0 Å². The highest BCUT2D eigenvalue weighted by Gasteiger charge is 2.26. The Kier molecular flexibility index (Phi) is 6.56. The van der Waals surface area contributed by atoms with E-state index in [1.807, 2.05) is 24.3 Å². The number of pyridine rings is 2. The van der Waals surface area contributed by atoms with Crippen LogP contribution in [0.4, 0.5) is 4.39 Å². The molecule has 2 heterocycles. The zero-order valence-corrected chi connectivity index (χ0v) is 20.3. The molecule has 1 atom stereocenters. The Labute approximate surface area is 212 Å². The number of nitrogens with zero attached hydrogens (tertiary/aromatic N) is 2. The average Bonchev–Trinajstić information content (AvgIpc) is 3.72. The molecule has 0 aliphatic heterocycles. The molecule has 0 saturated heterocycles. The zero-order valence-electron chi connectivity index (χ0n) is 20.3. The minimum absolute atomic E-state index is 0.0390. The van der Waals surface area contributed by atoms with Gasteiger partial charge in [0, 0.05) is 24.1 Å². The van der Waals surface area contributed by atoms with Crippen molar-refractivity contribution in [2.45, 2.75) is 38.6 Å². The van der Waals surface area contributed by atoms with Crippen LogP contribution in [-0.2, 0) is 11.2 Å². The van der Waals surface area contributed by atoms with Crippen molar-refractivity contribution in [1.82, 2.24) is 14.9 Å². The second-order valence-electron chi connectivity index (χ2n) is 9.37. The van der Waals surface area contributed by atoms with Crippen molar-refractivity contribution in [3.05, 3.63) is 94.2 Å². The molecule has 188 valence electrons. The van der Waals surface area contributed by atoms with Gasteiger partial charge in [-0.15, -0.1) is 0 Å². The molecule has 0 radical (unpaired) electrons. The fourth-order valence-electron chi connectivity index (χ4n) is 4.41. The van der Waals surface area contributed by atoms with Crippen LogP contribution in [0, 0.1) is 11.7 Å². The maximum Gasteiger partial charge on any atom is 0.306 e. The largest absolute Gasteiger partial charge is 0.481 e. The molecule has 1 aliphatic rings. The number of aromatic nitrogens is 2. The molecule has 1 unspecified atom stereocenters. The van der Waals surface area contributed by atoms with E-state index in [9.17, 15) is 23.9 Å². The molecule has 2 aromatic carbocycles. The summed E-state index contributed by atoms with van der Waals surface area (Å²) < 4.78 is 16.6. The standard InChI is InChI=1S/C29H26FN3O4/c1-2-17(29(36)37)13-20-9-8-19(15-25(20)30)18-5-3-6-22(14-18)33-16-24(28(35)32-21-10-11-21)26(34)23-7-4-12-31-27(23)33/h3-9,12,14-17,21H,2,10-11,13H2,1H3,(H,32,35)(H,36,37). The summed E-state index contributed by atoms with van der Waals surface area (Å²) >= 11 is 0. The molecular weight excluding hydrogens is 473 g/mol. The molecule has 1 fully saturated rings. The van der Waals surface area contributed by atoms with E-state index in [1.54, 1.807) is 42.0 Å². The Morgan fingerprint density at radius 1 is 1.14 bits per heavy atom. The summed E-state index contributed by atoms with van der Waals surface area (Å²) in [6.07, 6.45) is 5.44. The van der Waals surface area contributed by atoms with Gasteiger partial charge in [-0.3, -0.25) is 14.4 Å². The van der Waals surface area contributed by atoms with E-state index in [2.05, 4.69) is 10.3 Å². The third kappa shape index (κ3) is 5.00. The van der Waals surface area contributed by atoms with Crippen LogP contribution in [0.15, 0.2) is 71.8 Å². The van der Waals surface area contributed by atoms with Crippen LogP contribution in [0.2, 0.25) is 0 Å². The van der Waals surface area contributed by atoms with Gasteiger partial charge in [0.2, 0.25) is 5.43 Å². The van der Waals surface area contributed by atoms with Crippen molar-refractivity contribution < 1.29 is 19.1 Å². The third-order valence-electron chi connectivity index (χ3n) is 6.74. The lowest BCUT2D eigenvalue weighted by Gasteiger charge is -2.15. The highest BCUT2D eigenvalue weighted by Crippen LogP contribution is 2.27. The lowest BCUT2D eigenvalue weighted by atomic mass is 9.95. The van der Waals surface area contributed by atoms with Crippen LogP contribution in [-0.4, -0.2) is 32.6 Å². The van der Waals surface area contributed by atoms with Gasteiger partial charge in [-0.05, 0) is 72.7 Å². The lowest BCUT2D eigenvalue weighted by Crippen LogP contribution is -2.31. The molecule has 0 bridgehead atoms. The molecule has 8 heteroatoms. The summed E-state index contributed by atoms with van der Waals surface area (Å²) in [5.74, 6) is -2.45. The Balaban J connectivity index is 1.54. The molecule has 2 aromatic heterocycles. The summed E-state index contributed by atoms with van der Waals surface area (Å²) in [6, 6.07) is 15.5. The van der Waals surface area contributed by atoms with Gasteiger partial charge >= 0.3 is 5.97 Å². The maximum atomic E-state index is 14.9. The number of carboxylic acid groups (broad SMARTS) is 1. The first-order chi connectivity index (χ1) is 17.9. The van der Waals surface area contributed by atoms with Crippen molar-refractivity contribution in [2.75, 3.05) is 0 Å². The van der Waals surface area contributed by atoms with Crippen molar-refractivity contribution >= 4 is 22.9 Å². The summed E-state index contributed by atoms with van der Waals surface area (Å²) in [7, 11) is 0. The van der Waals surface area contributed by atoms with E-state index in [4.69, 9.17) is 0 Å². The SMILES string of the molecule is CCC(Cc1ccc(-c2cccc(-n3cc(C(=O)NC4CC4)c(=O)c4cccnc43)c2)cc1F)C(=O)O. The Bertz CT molecular complexity index is 1580. The van der Waals surface area contributed by atoms with Gasteiger partial charge < -0.3 is 15.0 Å². The van der Waals surface area contributed by atoms with Crippen molar-refractivity contribution in [3.8, 4) is 16.8 Å². The number of halogens is 1. The van der Waals surface area contributed by atoms with Crippen LogP contribution in [0.5, 0.6) is 0 Å². The third-order valence-corrected chi connectivity index (χ3v) is 6.74. The van der Waals surface area contributed by atoms with Gasteiger partial charge in [0.05, 0.1) is 11.3 Å². The number of carbonyl (C=O) groups excluding carboxylic acids is 1. The van der Waals surface area contributed by atoms with Crippen molar-refractivity contribution in [2.24, 2.45) is 5.92 Å². The Hall–Kier alpha value is -4.33. The number of benzene rings is 2. The molecule has 0 spiro atoms. The lowest BCUT2D eigenvalue weighted by molar-refractivity contribution is -0.141. The van der Waals surface area contributed by atoms with Crippen LogP contribution in [0.1, 0.15) is 42.1 Å². The Morgan fingerprint density at radius 3 is 2.62 bits per heavy atom. The van der Waals surface area contributed by atoms with E-state index in [0.29, 0.717) is 34.3 Å². The number of aliphatic carboxylic acids is 1. The summed E-state index contributed by atoms with van der Waals surface area (Å²) in [5, 5.41) is 12.5.